The first kappa shape index (κ1) is 17.9. The third kappa shape index (κ3) is 4.38. The Bertz CT molecular complexity index is 715. The molecule has 134 valence electrons. The van der Waals surface area contributed by atoms with Crippen LogP contribution < -0.4 is 5.32 Å². The molecule has 2 N–H and O–H groups in total. The van der Waals surface area contributed by atoms with Crippen molar-refractivity contribution in [3.8, 4) is 0 Å². The van der Waals surface area contributed by atoms with Crippen molar-refractivity contribution in [3.05, 3.63) is 45.9 Å². The van der Waals surface area contributed by atoms with Crippen molar-refractivity contribution in [1.29, 1.82) is 0 Å². The van der Waals surface area contributed by atoms with Gasteiger partial charge in [-0.15, -0.1) is 11.3 Å². The quantitative estimate of drug-likeness (QED) is 0.776. The van der Waals surface area contributed by atoms with Gasteiger partial charge in [0.05, 0.1) is 6.04 Å². The molecule has 2 aromatic rings. The van der Waals surface area contributed by atoms with Crippen LogP contribution in [-0.2, 0) is 0 Å². The maximum Gasteiger partial charge on any atom is 0.267 e. The van der Waals surface area contributed by atoms with Crippen molar-refractivity contribution in [2.75, 3.05) is 19.6 Å². The molecule has 1 atom stereocenters. The molecule has 1 saturated heterocycles. The number of nitrogens with one attached hydrogen (secondary N) is 2. The van der Waals surface area contributed by atoms with E-state index in [0.717, 1.165) is 19.0 Å². The third-order valence-electron chi connectivity index (χ3n) is 4.92. The maximum atomic E-state index is 12.4. The number of Topliss-reactive ketones (excluding diaryl/α,β-unsaturated/α-hetero) is 1. The van der Waals surface area contributed by atoms with Crippen molar-refractivity contribution in [3.63, 3.8) is 0 Å². The van der Waals surface area contributed by atoms with Crippen LogP contribution in [-0.4, -0.2) is 41.2 Å². The topological polar surface area (TPSA) is 65.2 Å². The van der Waals surface area contributed by atoms with Crippen LogP contribution in [0.1, 0.15) is 58.5 Å². The second-order valence-corrected chi connectivity index (χ2v) is 7.80. The van der Waals surface area contributed by atoms with Gasteiger partial charge in [0.1, 0.15) is 5.69 Å². The Labute approximate surface area is 152 Å². The zero-order chi connectivity index (χ0) is 17.8. The van der Waals surface area contributed by atoms with Crippen molar-refractivity contribution in [2.24, 2.45) is 5.92 Å². The van der Waals surface area contributed by atoms with Gasteiger partial charge in [0.2, 0.25) is 0 Å². The highest BCUT2D eigenvalue weighted by atomic mass is 32.1. The molecule has 0 saturated carbocycles. The summed E-state index contributed by atoms with van der Waals surface area (Å²) in [6.07, 6.45) is 3.99. The zero-order valence-electron chi connectivity index (χ0n) is 14.7. The summed E-state index contributed by atoms with van der Waals surface area (Å²) in [5, 5.41) is 5.12. The molecule has 1 amide bonds. The summed E-state index contributed by atoms with van der Waals surface area (Å²) < 4.78 is 0. The SMILES string of the molecule is CC(=O)c1c[nH]c(C(=O)NCC(c2cccs2)N2CCC(C)CC2)c1. The molecule has 1 unspecified atom stereocenters. The van der Waals surface area contributed by atoms with Crippen molar-refractivity contribution >= 4 is 23.0 Å². The lowest BCUT2D eigenvalue weighted by molar-refractivity contribution is 0.0910. The molecule has 0 radical (unpaired) electrons. The van der Waals surface area contributed by atoms with E-state index in [-0.39, 0.29) is 17.7 Å². The van der Waals surface area contributed by atoms with Gasteiger partial charge >= 0.3 is 0 Å². The van der Waals surface area contributed by atoms with Gasteiger partial charge in [-0.2, -0.15) is 0 Å². The number of piperidine rings is 1. The second-order valence-electron chi connectivity index (χ2n) is 6.82. The summed E-state index contributed by atoms with van der Waals surface area (Å²) in [7, 11) is 0. The molecule has 3 rings (SSSR count). The first-order chi connectivity index (χ1) is 12.0. The number of carbonyl (C=O) groups excluding carboxylic acids is 2. The van der Waals surface area contributed by atoms with E-state index in [1.165, 1.54) is 24.6 Å². The predicted octanol–water partition coefficient (Wildman–Crippen LogP) is 3.48. The minimum atomic E-state index is -0.167. The molecule has 5 nitrogen and oxygen atoms in total. The van der Waals surface area contributed by atoms with Crippen molar-refractivity contribution in [2.45, 2.75) is 32.7 Å². The highest BCUT2D eigenvalue weighted by Gasteiger charge is 2.26. The lowest BCUT2D eigenvalue weighted by atomic mass is 9.97. The van der Waals surface area contributed by atoms with Crippen LogP contribution in [0.5, 0.6) is 0 Å². The minimum absolute atomic E-state index is 0.0470. The van der Waals surface area contributed by atoms with Crippen LogP contribution in [0.25, 0.3) is 0 Å². The lowest BCUT2D eigenvalue weighted by Gasteiger charge is -2.36. The fraction of sp³-hybridized carbons (Fsp3) is 0.474. The van der Waals surface area contributed by atoms with E-state index in [0.29, 0.717) is 17.8 Å². The van der Waals surface area contributed by atoms with Gasteiger partial charge in [0.15, 0.2) is 5.78 Å². The molecule has 2 aromatic heterocycles. The maximum absolute atomic E-state index is 12.4. The van der Waals surface area contributed by atoms with Gasteiger partial charge < -0.3 is 10.3 Å². The van der Waals surface area contributed by atoms with Crippen molar-refractivity contribution < 1.29 is 9.59 Å². The summed E-state index contributed by atoms with van der Waals surface area (Å²) >= 11 is 1.74. The fourth-order valence-corrected chi connectivity index (χ4v) is 4.10. The Balaban J connectivity index is 1.66. The molecule has 0 spiro atoms. The van der Waals surface area contributed by atoms with Crippen LogP contribution in [0.15, 0.2) is 29.8 Å². The number of aromatic nitrogens is 1. The fourth-order valence-electron chi connectivity index (χ4n) is 3.24. The number of H-pyrrole nitrogens is 1. The molecular formula is C19H25N3O2S. The van der Waals surface area contributed by atoms with Crippen molar-refractivity contribution in [1.82, 2.24) is 15.2 Å². The molecule has 1 aliphatic rings. The number of thiophene rings is 1. The average Bonchev–Trinajstić information content (AvgIpc) is 3.28. The van der Waals surface area contributed by atoms with E-state index in [1.807, 2.05) is 0 Å². The van der Waals surface area contributed by atoms with Gasteiger partial charge in [-0.1, -0.05) is 13.0 Å². The number of rotatable bonds is 6. The predicted molar refractivity (Wildman–Crippen MR) is 100 cm³/mol. The molecule has 0 aliphatic carbocycles. The normalized spacial score (nSPS) is 17.4. The Morgan fingerprint density at radius 1 is 1.40 bits per heavy atom. The summed E-state index contributed by atoms with van der Waals surface area (Å²) in [4.78, 5) is 30.4. The molecule has 1 fully saturated rings. The lowest BCUT2D eigenvalue weighted by Crippen LogP contribution is -2.41. The van der Waals surface area contributed by atoms with E-state index in [2.05, 4.69) is 39.6 Å². The number of hydrogen-bond donors (Lipinski definition) is 2. The third-order valence-corrected chi connectivity index (χ3v) is 5.89. The molecule has 0 aromatic carbocycles. The van der Waals surface area contributed by atoms with Crippen LogP contribution in [0.4, 0.5) is 0 Å². The summed E-state index contributed by atoms with van der Waals surface area (Å²) in [5.74, 6) is 0.562. The number of nitrogens with zero attached hydrogens (tertiary/aromatic N) is 1. The average molecular weight is 359 g/mol. The van der Waals surface area contributed by atoms with E-state index < -0.39 is 0 Å². The van der Waals surface area contributed by atoms with Gasteiger partial charge in [-0.3, -0.25) is 14.5 Å². The standard InChI is InChI=1S/C19H25N3O2S/c1-13-5-7-22(8-6-13)17(18-4-3-9-25-18)12-21-19(24)16-10-15(11-20-16)14(2)23/h3-4,9-11,13,17,20H,5-8,12H2,1-2H3,(H,21,24). The number of aromatic amines is 1. The van der Waals surface area contributed by atoms with E-state index >= 15 is 0 Å². The van der Waals surface area contributed by atoms with Crippen LogP contribution in [0, 0.1) is 5.92 Å². The van der Waals surface area contributed by atoms with E-state index in [4.69, 9.17) is 0 Å². The Hall–Kier alpha value is -1.92. The highest BCUT2D eigenvalue weighted by molar-refractivity contribution is 7.10. The smallest absolute Gasteiger partial charge is 0.267 e. The second kappa shape index (κ2) is 7.97. The van der Waals surface area contributed by atoms with Crippen LogP contribution in [0.3, 0.4) is 0 Å². The molecule has 1 aliphatic heterocycles. The van der Waals surface area contributed by atoms with Gasteiger partial charge in [-0.05, 0) is 56.3 Å². The monoisotopic (exact) mass is 359 g/mol. The molecule has 6 heteroatoms. The zero-order valence-corrected chi connectivity index (χ0v) is 15.6. The number of ketones is 1. The Morgan fingerprint density at radius 2 is 2.16 bits per heavy atom. The molecular weight excluding hydrogens is 334 g/mol. The number of amides is 1. The van der Waals surface area contributed by atoms with E-state index in [9.17, 15) is 9.59 Å². The van der Waals surface area contributed by atoms with E-state index in [1.54, 1.807) is 23.6 Å². The number of likely N-dealkylation sites (tertiary alicyclic amines) is 1. The minimum Gasteiger partial charge on any atom is -0.356 e. The molecule has 25 heavy (non-hydrogen) atoms. The Morgan fingerprint density at radius 3 is 2.76 bits per heavy atom. The summed E-state index contributed by atoms with van der Waals surface area (Å²) in [6.45, 7) is 6.50. The number of hydrogen-bond acceptors (Lipinski definition) is 4. The molecule has 3 heterocycles. The number of carbonyl (C=O) groups is 2. The largest absolute Gasteiger partial charge is 0.356 e. The molecule has 0 bridgehead atoms. The summed E-state index contributed by atoms with van der Waals surface area (Å²) in [6, 6.07) is 6.02. The first-order valence-electron chi connectivity index (χ1n) is 8.79. The van der Waals surface area contributed by atoms with Crippen LogP contribution in [0.2, 0.25) is 0 Å². The van der Waals surface area contributed by atoms with Gasteiger partial charge in [0.25, 0.3) is 5.91 Å². The van der Waals surface area contributed by atoms with Crippen LogP contribution >= 0.6 is 11.3 Å². The summed E-state index contributed by atoms with van der Waals surface area (Å²) in [5.41, 5.74) is 0.965. The Kier molecular flexibility index (Phi) is 5.71. The van der Waals surface area contributed by atoms with Gasteiger partial charge in [-0.25, -0.2) is 0 Å². The van der Waals surface area contributed by atoms with Gasteiger partial charge in [0, 0.05) is 23.2 Å². The first-order valence-corrected chi connectivity index (χ1v) is 9.67. The highest BCUT2D eigenvalue weighted by Crippen LogP contribution is 2.29.